The van der Waals surface area contributed by atoms with Gasteiger partial charge in [-0.25, -0.2) is 0 Å². The van der Waals surface area contributed by atoms with Crippen LogP contribution < -0.4 is 0 Å². The number of allylic oxidation sites excluding steroid dienone is 1. The van der Waals surface area contributed by atoms with Crippen molar-refractivity contribution in [3.63, 3.8) is 0 Å². The third-order valence-electron chi connectivity index (χ3n) is 3.68. The smallest absolute Gasteiger partial charge is 0.226 e. The van der Waals surface area contributed by atoms with Crippen LogP contribution >= 0.6 is 0 Å². The predicted molar refractivity (Wildman–Crippen MR) is 72.0 cm³/mol. The highest BCUT2D eigenvalue weighted by atomic mass is 16.2. The van der Waals surface area contributed by atoms with E-state index in [4.69, 9.17) is 0 Å². The molecule has 3 nitrogen and oxygen atoms in total. The highest BCUT2D eigenvalue weighted by Gasteiger charge is 2.19. The van der Waals surface area contributed by atoms with Gasteiger partial charge in [0.05, 0.1) is 6.04 Å². The van der Waals surface area contributed by atoms with Gasteiger partial charge in [0.25, 0.3) is 0 Å². The Kier molecular flexibility index (Phi) is 4.13. The second kappa shape index (κ2) is 5.80. The highest BCUT2D eigenvalue weighted by molar-refractivity contribution is 5.79. The number of hydrogen-bond donors (Lipinski definition) is 0. The first kappa shape index (κ1) is 12.8. The minimum atomic E-state index is 0.0995. The van der Waals surface area contributed by atoms with Gasteiger partial charge in [-0.3, -0.25) is 9.78 Å². The maximum atomic E-state index is 12.2. The van der Waals surface area contributed by atoms with Crippen LogP contribution in [0.25, 0.3) is 0 Å². The number of amides is 1. The van der Waals surface area contributed by atoms with Crippen LogP contribution in [-0.4, -0.2) is 22.8 Å². The lowest BCUT2D eigenvalue weighted by molar-refractivity contribution is -0.131. The van der Waals surface area contributed by atoms with Crippen LogP contribution in [0.2, 0.25) is 0 Å². The molecule has 0 spiro atoms. The summed E-state index contributed by atoms with van der Waals surface area (Å²) in [6.45, 7) is 2.05. The Bertz CT molecular complexity index is 439. The summed E-state index contributed by atoms with van der Waals surface area (Å²) >= 11 is 0. The maximum Gasteiger partial charge on any atom is 0.226 e. The molecule has 0 radical (unpaired) electrons. The number of carbonyl (C=O) groups is 1. The van der Waals surface area contributed by atoms with E-state index in [-0.39, 0.29) is 11.9 Å². The van der Waals surface area contributed by atoms with E-state index in [1.54, 1.807) is 12.4 Å². The number of pyridine rings is 1. The first-order valence-electron chi connectivity index (χ1n) is 6.52. The molecular weight excluding hydrogens is 224 g/mol. The topological polar surface area (TPSA) is 33.2 Å². The lowest BCUT2D eigenvalue weighted by Crippen LogP contribution is -2.29. The summed E-state index contributed by atoms with van der Waals surface area (Å²) in [6.07, 6.45) is 9.74. The van der Waals surface area contributed by atoms with Gasteiger partial charge in [0.2, 0.25) is 5.91 Å². The van der Waals surface area contributed by atoms with Crippen LogP contribution in [0.5, 0.6) is 0 Å². The van der Waals surface area contributed by atoms with E-state index >= 15 is 0 Å². The average Bonchev–Trinajstić information content (AvgIpc) is 2.91. The van der Waals surface area contributed by atoms with Gasteiger partial charge < -0.3 is 4.90 Å². The molecule has 0 aromatic carbocycles. The van der Waals surface area contributed by atoms with Gasteiger partial charge in [-0.1, -0.05) is 11.6 Å². The van der Waals surface area contributed by atoms with Crippen molar-refractivity contribution in [3.8, 4) is 0 Å². The van der Waals surface area contributed by atoms with E-state index in [2.05, 4.69) is 18.0 Å². The molecule has 1 unspecified atom stereocenters. The van der Waals surface area contributed by atoms with Crippen molar-refractivity contribution in [2.75, 3.05) is 7.05 Å². The minimum Gasteiger partial charge on any atom is -0.339 e. The molecule has 2 rings (SSSR count). The molecule has 96 valence electrons. The number of rotatable bonds is 4. The Balaban J connectivity index is 1.97. The number of nitrogens with zero attached hydrogens (tertiary/aromatic N) is 2. The SMILES string of the molecule is CC(c1ccncc1)N(C)C(=O)CC1=CCCC1. The molecule has 0 aliphatic heterocycles. The molecule has 3 heteroatoms. The summed E-state index contributed by atoms with van der Waals surface area (Å²) in [5.41, 5.74) is 2.43. The Hall–Kier alpha value is -1.64. The summed E-state index contributed by atoms with van der Waals surface area (Å²) in [6, 6.07) is 4.02. The zero-order valence-corrected chi connectivity index (χ0v) is 11.1. The molecule has 18 heavy (non-hydrogen) atoms. The highest BCUT2D eigenvalue weighted by Crippen LogP contribution is 2.24. The van der Waals surface area contributed by atoms with Gasteiger partial charge in [-0.2, -0.15) is 0 Å². The van der Waals surface area contributed by atoms with Gasteiger partial charge in [0.15, 0.2) is 0 Å². The Morgan fingerprint density at radius 3 is 2.78 bits per heavy atom. The molecule has 1 aliphatic carbocycles. The van der Waals surface area contributed by atoms with Gasteiger partial charge in [-0.15, -0.1) is 0 Å². The van der Waals surface area contributed by atoms with E-state index in [9.17, 15) is 4.79 Å². The van der Waals surface area contributed by atoms with Gasteiger partial charge in [0, 0.05) is 25.9 Å². The van der Waals surface area contributed by atoms with Crippen LogP contribution in [-0.2, 0) is 4.79 Å². The standard InChI is InChI=1S/C15H20N2O/c1-12(14-7-9-16-10-8-14)17(2)15(18)11-13-5-3-4-6-13/h5,7-10,12H,3-4,6,11H2,1-2H3. The van der Waals surface area contributed by atoms with Crippen molar-refractivity contribution in [2.45, 2.75) is 38.6 Å². The van der Waals surface area contributed by atoms with Crippen LogP contribution in [0.3, 0.4) is 0 Å². The molecule has 0 saturated carbocycles. The van der Waals surface area contributed by atoms with Crippen LogP contribution in [0.1, 0.15) is 44.2 Å². The van der Waals surface area contributed by atoms with Gasteiger partial charge in [0.1, 0.15) is 0 Å². The van der Waals surface area contributed by atoms with Gasteiger partial charge >= 0.3 is 0 Å². The molecular formula is C15H20N2O. The normalized spacial score (nSPS) is 16.2. The monoisotopic (exact) mass is 244 g/mol. The lowest BCUT2D eigenvalue weighted by Gasteiger charge is -2.25. The predicted octanol–water partition coefficient (Wildman–Crippen LogP) is 3.10. The van der Waals surface area contributed by atoms with Crippen molar-refractivity contribution >= 4 is 5.91 Å². The summed E-state index contributed by atoms with van der Waals surface area (Å²) in [5, 5.41) is 0. The fraction of sp³-hybridized carbons (Fsp3) is 0.467. The van der Waals surface area contributed by atoms with Crippen molar-refractivity contribution in [1.82, 2.24) is 9.88 Å². The Morgan fingerprint density at radius 2 is 2.17 bits per heavy atom. The molecule has 1 atom stereocenters. The van der Waals surface area contributed by atoms with Gasteiger partial charge in [-0.05, 0) is 43.9 Å². The molecule has 1 aromatic heterocycles. The number of carbonyl (C=O) groups excluding carboxylic acids is 1. The Labute approximate surface area is 109 Å². The molecule has 1 aromatic rings. The van der Waals surface area contributed by atoms with E-state index in [1.807, 2.05) is 24.1 Å². The largest absolute Gasteiger partial charge is 0.339 e. The van der Waals surface area contributed by atoms with E-state index in [0.29, 0.717) is 6.42 Å². The van der Waals surface area contributed by atoms with Crippen LogP contribution in [0.4, 0.5) is 0 Å². The third-order valence-corrected chi connectivity index (χ3v) is 3.68. The van der Waals surface area contributed by atoms with E-state index in [1.165, 1.54) is 12.0 Å². The van der Waals surface area contributed by atoms with E-state index in [0.717, 1.165) is 18.4 Å². The number of aromatic nitrogens is 1. The second-order valence-corrected chi connectivity index (χ2v) is 4.89. The molecule has 1 amide bonds. The van der Waals surface area contributed by atoms with Crippen molar-refractivity contribution < 1.29 is 4.79 Å². The van der Waals surface area contributed by atoms with E-state index < -0.39 is 0 Å². The quantitative estimate of drug-likeness (QED) is 0.762. The third kappa shape index (κ3) is 2.97. The van der Waals surface area contributed by atoms with Crippen LogP contribution in [0, 0.1) is 0 Å². The minimum absolute atomic E-state index is 0.0995. The fourth-order valence-corrected chi connectivity index (χ4v) is 2.30. The fourth-order valence-electron chi connectivity index (χ4n) is 2.30. The summed E-state index contributed by atoms with van der Waals surface area (Å²) < 4.78 is 0. The molecule has 0 saturated heterocycles. The molecule has 0 bridgehead atoms. The second-order valence-electron chi connectivity index (χ2n) is 4.89. The maximum absolute atomic E-state index is 12.2. The Morgan fingerprint density at radius 1 is 1.44 bits per heavy atom. The zero-order chi connectivity index (χ0) is 13.0. The molecule has 1 aliphatic rings. The molecule has 0 fully saturated rings. The van der Waals surface area contributed by atoms with Crippen molar-refractivity contribution in [3.05, 3.63) is 41.7 Å². The first-order valence-corrected chi connectivity index (χ1v) is 6.52. The first-order chi connectivity index (χ1) is 8.68. The average molecular weight is 244 g/mol. The summed E-state index contributed by atoms with van der Waals surface area (Å²) in [7, 11) is 1.88. The van der Waals surface area contributed by atoms with Crippen molar-refractivity contribution in [2.24, 2.45) is 0 Å². The molecule has 0 N–H and O–H groups in total. The number of hydrogen-bond acceptors (Lipinski definition) is 2. The van der Waals surface area contributed by atoms with Crippen molar-refractivity contribution in [1.29, 1.82) is 0 Å². The summed E-state index contributed by atoms with van der Waals surface area (Å²) in [5.74, 6) is 0.201. The molecule has 1 heterocycles. The zero-order valence-electron chi connectivity index (χ0n) is 11.1. The van der Waals surface area contributed by atoms with Crippen LogP contribution in [0.15, 0.2) is 36.2 Å². The summed E-state index contributed by atoms with van der Waals surface area (Å²) in [4.78, 5) is 18.0. The lowest BCUT2D eigenvalue weighted by atomic mass is 10.1.